The molecule has 0 amide bonds. The lowest BCUT2D eigenvalue weighted by atomic mass is 9.74. The van der Waals surface area contributed by atoms with Crippen molar-refractivity contribution in [1.82, 2.24) is 4.98 Å². The van der Waals surface area contributed by atoms with Crippen LogP contribution in [0, 0.1) is 0 Å². The molecule has 2 aliphatic rings. The Morgan fingerprint density at radius 3 is 2.39 bits per heavy atom. The number of H-pyrrole nitrogens is 1. The van der Waals surface area contributed by atoms with Crippen molar-refractivity contribution < 1.29 is 34.4 Å². The number of benzene rings is 2. The number of aromatic amines is 1. The van der Waals surface area contributed by atoms with Gasteiger partial charge in [0.2, 0.25) is 0 Å². The Kier molecular flexibility index (Phi) is 6.79. The number of hydrogen-bond acceptors (Lipinski definition) is 8. The Hall–Kier alpha value is -4.76. The highest BCUT2D eigenvalue weighted by Crippen LogP contribution is 2.61. The predicted octanol–water partition coefficient (Wildman–Crippen LogP) is 4.75. The molecule has 1 atom stereocenters. The average molecular weight is 556 g/mol. The molecule has 1 spiro atoms. The number of aromatic hydroxyl groups is 3. The van der Waals surface area contributed by atoms with Gasteiger partial charge in [-0.2, -0.15) is 0 Å². The topological polar surface area (TPSA) is 154 Å². The monoisotopic (exact) mass is 555 g/mol. The van der Waals surface area contributed by atoms with Crippen molar-refractivity contribution in [2.45, 2.75) is 38.5 Å². The highest BCUT2D eigenvalue weighted by molar-refractivity contribution is 6.27. The summed E-state index contributed by atoms with van der Waals surface area (Å²) in [6.07, 6.45) is 7.47. The summed E-state index contributed by atoms with van der Waals surface area (Å²) in [5.74, 6) is -3.87. The van der Waals surface area contributed by atoms with Crippen LogP contribution in [0.1, 0.15) is 80.1 Å². The Morgan fingerprint density at radius 1 is 1.05 bits per heavy atom. The van der Waals surface area contributed by atoms with Crippen LogP contribution in [0.4, 0.5) is 0 Å². The quantitative estimate of drug-likeness (QED) is 0.185. The molecule has 9 heteroatoms. The van der Waals surface area contributed by atoms with Crippen molar-refractivity contribution in [3.8, 4) is 17.2 Å². The zero-order valence-electron chi connectivity index (χ0n) is 22.9. The van der Waals surface area contributed by atoms with Gasteiger partial charge in [-0.3, -0.25) is 19.2 Å². The second kappa shape index (κ2) is 10.0. The van der Waals surface area contributed by atoms with E-state index in [1.165, 1.54) is 14.0 Å². The van der Waals surface area contributed by atoms with Crippen LogP contribution in [0.25, 0.3) is 22.4 Å². The number of aromatic nitrogens is 1. The molecule has 1 unspecified atom stereocenters. The fraction of sp³-hybridized carbons (Fsp3) is 0.250. The second-order valence-electron chi connectivity index (χ2n) is 10.2. The smallest absolute Gasteiger partial charge is 0.260 e. The maximum absolute atomic E-state index is 14.2. The van der Waals surface area contributed by atoms with Crippen LogP contribution in [0.15, 0.2) is 41.7 Å². The molecule has 9 nitrogen and oxygen atoms in total. The van der Waals surface area contributed by atoms with Gasteiger partial charge in [-0.05, 0) is 48.4 Å². The summed E-state index contributed by atoms with van der Waals surface area (Å²) in [6, 6.07) is 3.46. The van der Waals surface area contributed by atoms with Gasteiger partial charge in [0.15, 0.2) is 17.3 Å². The minimum atomic E-state index is -1.63. The first kappa shape index (κ1) is 27.8. The van der Waals surface area contributed by atoms with E-state index < -0.39 is 63.3 Å². The second-order valence-corrected chi connectivity index (χ2v) is 10.2. The molecule has 1 aromatic heterocycles. The molecule has 210 valence electrons. The summed E-state index contributed by atoms with van der Waals surface area (Å²) in [5, 5.41) is 34.7. The number of carbonyl (C=O) groups excluding carboxylic acids is 3. The lowest BCUT2D eigenvalue weighted by Gasteiger charge is -2.26. The summed E-state index contributed by atoms with van der Waals surface area (Å²) in [6.45, 7) is 6.99. The molecule has 0 bridgehead atoms. The van der Waals surface area contributed by atoms with Gasteiger partial charge in [0.25, 0.3) is 5.56 Å². The molecule has 2 aliphatic carbocycles. The van der Waals surface area contributed by atoms with E-state index in [9.17, 15) is 34.5 Å². The number of pyridine rings is 1. The minimum absolute atomic E-state index is 0.0176. The summed E-state index contributed by atoms with van der Waals surface area (Å²) < 4.78 is 4.92. The summed E-state index contributed by atoms with van der Waals surface area (Å²) in [7, 11) is 1.27. The van der Waals surface area contributed by atoms with E-state index in [1.54, 1.807) is 30.4 Å². The van der Waals surface area contributed by atoms with Crippen LogP contribution in [0.3, 0.4) is 0 Å². The molecule has 0 saturated carbocycles. The van der Waals surface area contributed by atoms with Gasteiger partial charge in [-0.25, -0.2) is 0 Å². The normalized spacial score (nSPS) is 17.8. The van der Waals surface area contributed by atoms with Crippen LogP contribution < -0.4 is 5.56 Å². The van der Waals surface area contributed by atoms with Crippen molar-refractivity contribution in [3.05, 3.63) is 86.4 Å². The highest BCUT2D eigenvalue weighted by Gasteiger charge is 2.57. The third-order valence-electron chi connectivity index (χ3n) is 8.02. The number of Topliss-reactive ketones (excluding diaryl/α,β-unsaturated/α-hetero) is 3. The van der Waals surface area contributed by atoms with Crippen LogP contribution in [-0.2, 0) is 16.6 Å². The number of rotatable bonds is 7. The molecular formula is C32H29NO8. The van der Waals surface area contributed by atoms with Crippen LogP contribution in [0.5, 0.6) is 17.2 Å². The maximum atomic E-state index is 14.2. The van der Waals surface area contributed by atoms with Crippen LogP contribution in [0.2, 0.25) is 0 Å². The first-order chi connectivity index (χ1) is 19.5. The number of hydrogen-bond donors (Lipinski definition) is 4. The molecule has 0 radical (unpaired) electrons. The van der Waals surface area contributed by atoms with Gasteiger partial charge >= 0.3 is 0 Å². The zero-order chi connectivity index (χ0) is 29.8. The van der Waals surface area contributed by atoms with Crippen LogP contribution >= 0.6 is 0 Å². The number of nitrogens with one attached hydrogen (secondary N) is 1. The molecule has 0 saturated heterocycles. The largest absolute Gasteiger partial charge is 0.507 e. The third-order valence-corrected chi connectivity index (χ3v) is 8.02. The third kappa shape index (κ3) is 3.80. The van der Waals surface area contributed by atoms with Crippen LogP contribution in [-0.4, -0.2) is 51.4 Å². The number of ketones is 3. The lowest BCUT2D eigenvalue weighted by Crippen LogP contribution is -2.30. The van der Waals surface area contributed by atoms with Crippen molar-refractivity contribution in [2.75, 3.05) is 13.7 Å². The van der Waals surface area contributed by atoms with E-state index >= 15 is 0 Å². The number of phenolic OH excluding ortho intramolecular Hbond substituents is 3. The SMILES string of the molecule is C=C1c2c(O)c(C(=O)COC)c(C(=O)CC)c(O)c2C(=O)C12CCc1cc3cc(/C=C/C=C/C)[nH]c(=O)c3c(O)c12. The van der Waals surface area contributed by atoms with Gasteiger partial charge in [-0.1, -0.05) is 37.8 Å². The number of aryl methyl sites for hydroxylation is 1. The van der Waals surface area contributed by atoms with Gasteiger partial charge < -0.3 is 25.0 Å². The number of phenols is 3. The maximum Gasteiger partial charge on any atom is 0.260 e. The Labute approximate surface area is 235 Å². The van der Waals surface area contributed by atoms with Crippen molar-refractivity contribution in [2.24, 2.45) is 0 Å². The zero-order valence-corrected chi connectivity index (χ0v) is 22.9. The predicted molar refractivity (Wildman–Crippen MR) is 154 cm³/mol. The Balaban J connectivity index is 1.78. The molecule has 4 N–H and O–H groups in total. The molecule has 41 heavy (non-hydrogen) atoms. The standard InChI is InChI=1S/C32H29NO8/c1-5-7-8-9-18-13-17-12-16-10-11-32(26(16)29(38)22(17)31(40)33-18)15(3)21-25(30(32)39)28(37)23(19(34)6-2)24(27(21)36)20(35)14-41-4/h5,7-9,12-13,36-38H,3,6,10-11,14H2,1-2,4H3,(H,33,40)/b7-5+,9-8+. The van der Waals surface area contributed by atoms with Crippen molar-refractivity contribution >= 4 is 39.8 Å². The van der Waals surface area contributed by atoms with Gasteiger partial charge in [0.05, 0.1) is 27.5 Å². The van der Waals surface area contributed by atoms with E-state index in [0.717, 1.165) is 0 Å². The molecule has 5 rings (SSSR count). The summed E-state index contributed by atoms with van der Waals surface area (Å²) in [5.41, 5.74) is -2.26. The Morgan fingerprint density at radius 2 is 1.73 bits per heavy atom. The molecule has 1 heterocycles. The van der Waals surface area contributed by atoms with E-state index in [4.69, 9.17) is 4.74 Å². The fourth-order valence-corrected chi connectivity index (χ4v) is 6.23. The summed E-state index contributed by atoms with van der Waals surface area (Å²) in [4.78, 5) is 55.9. The van der Waals surface area contributed by atoms with Gasteiger partial charge in [0, 0.05) is 30.4 Å². The lowest BCUT2D eigenvalue weighted by molar-refractivity contribution is 0.0835. The van der Waals surface area contributed by atoms with E-state index in [0.29, 0.717) is 23.1 Å². The molecular weight excluding hydrogens is 526 g/mol. The molecule has 3 aromatic rings. The minimum Gasteiger partial charge on any atom is -0.507 e. The number of carbonyl (C=O) groups is 3. The molecule has 0 fully saturated rings. The summed E-state index contributed by atoms with van der Waals surface area (Å²) >= 11 is 0. The highest BCUT2D eigenvalue weighted by atomic mass is 16.5. The van der Waals surface area contributed by atoms with Gasteiger partial charge in [-0.15, -0.1) is 0 Å². The average Bonchev–Trinajstić information content (AvgIpc) is 3.42. The first-order valence-electron chi connectivity index (χ1n) is 13.2. The Bertz CT molecular complexity index is 1820. The molecule has 0 aliphatic heterocycles. The molecule has 2 aromatic carbocycles. The first-order valence-corrected chi connectivity index (χ1v) is 13.2. The van der Waals surface area contributed by atoms with Crippen molar-refractivity contribution in [1.29, 1.82) is 0 Å². The number of methoxy groups -OCH3 is 1. The number of ether oxygens (including phenoxy) is 1. The van der Waals surface area contributed by atoms with E-state index in [2.05, 4.69) is 11.6 Å². The number of fused-ring (bicyclic) bond motifs is 4. The van der Waals surface area contributed by atoms with Gasteiger partial charge in [0.1, 0.15) is 23.9 Å². The van der Waals surface area contributed by atoms with E-state index in [1.807, 2.05) is 13.0 Å². The van der Waals surface area contributed by atoms with Crippen molar-refractivity contribution in [3.63, 3.8) is 0 Å². The number of allylic oxidation sites excluding steroid dienone is 4. The van der Waals surface area contributed by atoms with E-state index in [-0.39, 0.29) is 40.5 Å². The fourth-order valence-electron chi connectivity index (χ4n) is 6.23.